The second kappa shape index (κ2) is 7.38. The number of ether oxygens (including phenoxy) is 2. The topological polar surface area (TPSA) is 52.6 Å². The standard InChI is InChI=1S/C9H13ClO4/c1-3-13-8(11)5-4-7(2)14-9(12)6-10/h4-5,7H,3,6H2,1-2H3. The van der Waals surface area contributed by atoms with Gasteiger partial charge in [0.15, 0.2) is 0 Å². The smallest absolute Gasteiger partial charge is 0.330 e. The Morgan fingerprint density at radius 1 is 1.50 bits per heavy atom. The van der Waals surface area contributed by atoms with E-state index in [9.17, 15) is 9.59 Å². The highest BCUT2D eigenvalue weighted by atomic mass is 35.5. The molecule has 0 spiro atoms. The number of carbonyl (C=O) groups excluding carboxylic acids is 2. The van der Waals surface area contributed by atoms with Crippen LogP contribution in [0.25, 0.3) is 0 Å². The molecule has 0 saturated heterocycles. The van der Waals surface area contributed by atoms with Crippen LogP contribution in [0, 0.1) is 0 Å². The van der Waals surface area contributed by atoms with Gasteiger partial charge in [0.25, 0.3) is 0 Å². The van der Waals surface area contributed by atoms with Crippen molar-refractivity contribution in [2.24, 2.45) is 0 Å². The van der Waals surface area contributed by atoms with E-state index in [0.717, 1.165) is 0 Å². The first-order valence-electron chi connectivity index (χ1n) is 4.20. The second-order valence-corrected chi connectivity index (χ2v) is 2.71. The first-order chi connectivity index (χ1) is 6.60. The predicted octanol–water partition coefficient (Wildman–Crippen LogP) is 1.28. The monoisotopic (exact) mass is 220 g/mol. The fraction of sp³-hybridized carbons (Fsp3) is 0.556. The minimum Gasteiger partial charge on any atom is -0.463 e. The Hall–Kier alpha value is -1.03. The summed E-state index contributed by atoms with van der Waals surface area (Å²) in [6.45, 7) is 3.65. The Morgan fingerprint density at radius 3 is 2.64 bits per heavy atom. The molecule has 0 heterocycles. The van der Waals surface area contributed by atoms with E-state index in [1.54, 1.807) is 13.8 Å². The van der Waals surface area contributed by atoms with Gasteiger partial charge in [0, 0.05) is 6.08 Å². The zero-order chi connectivity index (χ0) is 11.0. The van der Waals surface area contributed by atoms with Crippen molar-refractivity contribution in [3.05, 3.63) is 12.2 Å². The molecule has 0 radical (unpaired) electrons. The molecule has 1 unspecified atom stereocenters. The Labute approximate surface area is 87.8 Å². The lowest BCUT2D eigenvalue weighted by Gasteiger charge is -2.06. The Balaban J connectivity index is 3.86. The lowest BCUT2D eigenvalue weighted by molar-refractivity contribution is -0.143. The van der Waals surface area contributed by atoms with Crippen molar-refractivity contribution in [3.8, 4) is 0 Å². The van der Waals surface area contributed by atoms with E-state index in [4.69, 9.17) is 16.3 Å². The number of hydrogen-bond donors (Lipinski definition) is 0. The first-order valence-corrected chi connectivity index (χ1v) is 4.74. The molecule has 0 rings (SSSR count). The third-order valence-corrected chi connectivity index (χ3v) is 1.43. The molecule has 0 aromatic rings. The maximum Gasteiger partial charge on any atom is 0.330 e. The minimum atomic E-state index is -0.521. The van der Waals surface area contributed by atoms with Crippen LogP contribution in [0.4, 0.5) is 0 Å². The molecular formula is C9H13ClO4. The van der Waals surface area contributed by atoms with Gasteiger partial charge in [-0.1, -0.05) is 0 Å². The minimum absolute atomic E-state index is 0.197. The number of halogens is 1. The predicted molar refractivity (Wildman–Crippen MR) is 52.0 cm³/mol. The fourth-order valence-electron chi connectivity index (χ4n) is 0.683. The molecule has 80 valence electrons. The number of alkyl halides is 1. The average Bonchev–Trinajstić information content (AvgIpc) is 2.15. The average molecular weight is 221 g/mol. The van der Waals surface area contributed by atoms with E-state index in [2.05, 4.69) is 4.74 Å². The summed E-state index contributed by atoms with van der Waals surface area (Å²) in [5.41, 5.74) is 0. The van der Waals surface area contributed by atoms with Crippen LogP contribution in [0.15, 0.2) is 12.2 Å². The van der Waals surface area contributed by atoms with Crippen molar-refractivity contribution in [1.82, 2.24) is 0 Å². The fourth-order valence-corrected chi connectivity index (χ4v) is 0.746. The molecule has 5 heteroatoms. The SMILES string of the molecule is CCOC(=O)C=CC(C)OC(=O)CCl. The van der Waals surface area contributed by atoms with Crippen LogP contribution in [-0.4, -0.2) is 30.5 Å². The summed E-state index contributed by atoms with van der Waals surface area (Å²) < 4.78 is 9.39. The van der Waals surface area contributed by atoms with Gasteiger partial charge in [-0.25, -0.2) is 4.79 Å². The highest BCUT2D eigenvalue weighted by Gasteiger charge is 2.05. The number of hydrogen-bond acceptors (Lipinski definition) is 4. The molecule has 0 saturated carbocycles. The van der Waals surface area contributed by atoms with Crippen LogP contribution in [0.2, 0.25) is 0 Å². The van der Waals surface area contributed by atoms with Crippen LogP contribution in [-0.2, 0) is 19.1 Å². The van der Waals surface area contributed by atoms with Crippen molar-refractivity contribution in [1.29, 1.82) is 0 Å². The summed E-state index contributed by atoms with van der Waals surface area (Å²) in [7, 11) is 0. The maximum absolute atomic E-state index is 10.8. The molecule has 14 heavy (non-hydrogen) atoms. The van der Waals surface area contributed by atoms with Gasteiger partial charge in [-0.3, -0.25) is 4.79 Å². The van der Waals surface area contributed by atoms with Gasteiger partial charge in [0.2, 0.25) is 0 Å². The maximum atomic E-state index is 10.8. The summed E-state index contributed by atoms with van der Waals surface area (Å²) in [5, 5.41) is 0. The van der Waals surface area contributed by atoms with E-state index in [0.29, 0.717) is 6.61 Å². The molecule has 0 aliphatic rings. The van der Waals surface area contributed by atoms with E-state index in [-0.39, 0.29) is 5.88 Å². The van der Waals surface area contributed by atoms with Gasteiger partial charge in [0.1, 0.15) is 12.0 Å². The summed E-state index contributed by atoms with van der Waals surface area (Å²) in [6, 6.07) is 0. The summed E-state index contributed by atoms with van der Waals surface area (Å²) in [4.78, 5) is 21.5. The molecule has 0 aliphatic heterocycles. The lowest BCUT2D eigenvalue weighted by Crippen LogP contribution is -2.14. The highest BCUT2D eigenvalue weighted by molar-refractivity contribution is 6.26. The van der Waals surface area contributed by atoms with Gasteiger partial charge >= 0.3 is 11.9 Å². The van der Waals surface area contributed by atoms with Gasteiger partial charge in [-0.05, 0) is 19.9 Å². The van der Waals surface area contributed by atoms with Gasteiger partial charge in [0.05, 0.1) is 6.61 Å². The molecule has 0 fully saturated rings. The molecule has 4 nitrogen and oxygen atoms in total. The summed E-state index contributed by atoms with van der Waals surface area (Å²) in [5.74, 6) is -1.17. The van der Waals surface area contributed by atoms with E-state index in [1.165, 1.54) is 12.2 Å². The molecular weight excluding hydrogens is 208 g/mol. The molecule has 0 aliphatic carbocycles. The van der Waals surface area contributed by atoms with Crippen molar-refractivity contribution < 1.29 is 19.1 Å². The molecule has 0 amide bonds. The van der Waals surface area contributed by atoms with Gasteiger partial charge in [-0.2, -0.15) is 0 Å². The van der Waals surface area contributed by atoms with Crippen molar-refractivity contribution in [3.63, 3.8) is 0 Å². The van der Waals surface area contributed by atoms with Gasteiger partial charge < -0.3 is 9.47 Å². The van der Waals surface area contributed by atoms with Crippen molar-refractivity contribution in [2.75, 3.05) is 12.5 Å². The molecule has 0 bridgehead atoms. The molecule has 1 atom stereocenters. The number of esters is 2. The Bertz CT molecular complexity index is 225. The Morgan fingerprint density at radius 2 is 2.14 bits per heavy atom. The van der Waals surface area contributed by atoms with E-state index in [1.807, 2.05) is 0 Å². The van der Waals surface area contributed by atoms with Crippen LogP contribution in [0.3, 0.4) is 0 Å². The van der Waals surface area contributed by atoms with Crippen LogP contribution in [0.1, 0.15) is 13.8 Å². The third-order valence-electron chi connectivity index (χ3n) is 1.22. The molecule has 0 aromatic heterocycles. The quantitative estimate of drug-likeness (QED) is 0.398. The summed E-state index contributed by atoms with van der Waals surface area (Å²) >= 11 is 5.22. The molecule has 0 aromatic carbocycles. The summed E-state index contributed by atoms with van der Waals surface area (Å²) in [6.07, 6.45) is 2.17. The van der Waals surface area contributed by atoms with E-state index >= 15 is 0 Å². The number of carbonyl (C=O) groups is 2. The van der Waals surface area contributed by atoms with Crippen LogP contribution < -0.4 is 0 Å². The van der Waals surface area contributed by atoms with Gasteiger partial charge in [-0.15, -0.1) is 11.6 Å². The number of rotatable bonds is 5. The highest BCUT2D eigenvalue weighted by Crippen LogP contribution is 1.95. The Kier molecular flexibility index (Phi) is 6.84. The third kappa shape index (κ3) is 6.48. The second-order valence-electron chi connectivity index (χ2n) is 2.44. The first kappa shape index (κ1) is 13.0. The normalized spacial score (nSPS) is 12.5. The zero-order valence-corrected chi connectivity index (χ0v) is 8.91. The zero-order valence-electron chi connectivity index (χ0n) is 8.16. The van der Waals surface area contributed by atoms with Crippen LogP contribution in [0.5, 0.6) is 0 Å². The largest absolute Gasteiger partial charge is 0.463 e. The molecule has 0 N–H and O–H groups in total. The van der Waals surface area contributed by atoms with E-state index < -0.39 is 18.0 Å². The van der Waals surface area contributed by atoms with Crippen LogP contribution >= 0.6 is 11.6 Å². The van der Waals surface area contributed by atoms with Crippen molar-refractivity contribution >= 4 is 23.5 Å². The lowest BCUT2D eigenvalue weighted by atomic mass is 10.3. The van der Waals surface area contributed by atoms with Crippen molar-refractivity contribution in [2.45, 2.75) is 20.0 Å².